The van der Waals surface area contributed by atoms with Crippen molar-refractivity contribution in [2.75, 3.05) is 7.05 Å². The third-order valence-electron chi connectivity index (χ3n) is 12.6. The Labute approximate surface area is 205 Å². The maximum absolute atomic E-state index is 10.8. The molecule has 2 saturated carbocycles. The van der Waals surface area contributed by atoms with Gasteiger partial charge < -0.3 is 10.4 Å². The van der Waals surface area contributed by atoms with Crippen LogP contribution < -0.4 is 5.32 Å². The van der Waals surface area contributed by atoms with Crippen molar-refractivity contribution < 1.29 is 5.11 Å². The first-order chi connectivity index (χ1) is 15.3. The molecule has 190 valence electrons. The zero-order chi connectivity index (χ0) is 24.4. The Morgan fingerprint density at radius 1 is 0.879 bits per heavy atom. The van der Waals surface area contributed by atoms with Crippen LogP contribution in [0.3, 0.4) is 0 Å². The number of nitrogens with one attached hydrogen (secondary N) is 1. The maximum atomic E-state index is 10.8. The molecule has 0 amide bonds. The van der Waals surface area contributed by atoms with Gasteiger partial charge in [-0.25, -0.2) is 0 Å². The summed E-state index contributed by atoms with van der Waals surface area (Å²) in [6.07, 6.45) is 12.8. The lowest BCUT2D eigenvalue weighted by Gasteiger charge is -2.62. The summed E-state index contributed by atoms with van der Waals surface area (Å²) in [6, 6.07) is 0.647. The molecule has 0 radical (unpaired) electrons. The summed E-state index contributed by atoms with van der Waals surface area (Å²) >= 11 is 0. The third kappa shape index (κ3) is 3.71. The minimum absolute atomic E-state index is 0.0418. The molecule has 2 N–H and O–H groups in total. The standard InChI is InChI=1S/C31H55NO/c1-20(2)25(32-9)12-10-21(3)22-14-18-31(8)24-11-13-26-28(4,5)27(33)16-17-29(26,6)23(24)15-19-30(22,31)7/h20-22,25-27,32-33H,10-19H2,1-9H3/t21?,22?,25?,26?,27-,29?,30?,31-/m0/s1. The van der Waals surface area contributed by atoms with Gasteiger partial charge in [-0.05, 0) is 117 Å². The van der Waals surface area contributed by atoms with Gasteiger partial charge in [-0.3, -0.25) is 0 Å². The summed E-state index contributed by atoms with van der Waals surface area (Å²) in [5.74, 6) is 3.01. The van der Waals surface area contributed by atoms with Gasteiger partial charge in [0.15, 0.2) is 0 Å². The molecule has 4 aliphatic rings. The molecule has 2 nitrogen and oxygen atoms in total. The van der Waals surface area contributed by atoms with Crippen molar-refractivity contribution in [3.8, 4) is 0 Å². The van der Waals surface area contributed by atoms with E-state index in [1.165, 1.54) is 57.8 Å². The first kappa shape index (κ1) is 25.7. The zero-order valence-electron chi connectivity index (χ0n) is 23.5. The van der Waals surface area contributed by atoms with Crippen molar-refractivity contribution in [2.45, 2.75) is 132 Å². The van der Waals surface area contributed by atoms with Gasteiger partial charge in [0.05, 0.1) is 6.10 Å². The summed E-state index contributed by atoms with van der Waals surface area (Å²) < 4.78 is 0. The molecule has 0 heterocycles. The molecule has 0 saturated heterocycles. The number of hydrogen-bond acceptors (Lipinski definition) is 2. The van der Waals surface area contributed by atoms with Gasteiger partial charge in [-0.1, -0.05) is 66.5 Å². The van der Waals surface area contributed by atoms with Crippen molar-refractivity contribution in [1.82, 2.24) is 5.32 Å². The number of aliphatic hydroxyl groups excluding tert-OH is 1. The average molecular weight is 458 g/mol. The van der Waals surface area contributed by atoms with Crippen LogP contribution in [0.15, 0.2) is 11.1 Å². The van der Waals surface area contributed by atoms with Gasteiger partial charge in [0.25, 0.3) is 0 Å². The fourth-order valence-corrected chi connectivity index (χ4v) is 10.1. The molecule has 0 aromatic heterocycles. The Kier molecular flexibility index (Phi) is 6.75. The molecule has 8 atom stereocenters. The minimum Gasteiger partial charge on any atom is -0.393 e. The Morgan fingerprint density at radius 3 is 2.21 bits per heavy atom. The van der Waals surface area contributed by atoms with E-state index in [-0.39, 0.29) is 11.5 Å². The number of hydrogen-bond donors (Lipinski definition) is 2. The molecule has 0 bridgehead atoms. The molecule has 6 unspecified atom stereocenters. The SMILES string of the molecule is CNC(CCC(C)C1CC[C@@]2(C)C3=C(CCC12C)C1(C)CC[C@H](O)C(C)(C)C1CC3)C(C)C. The van der Waals surface area contributed by atoms with E-state index in [9.17, 15) is 5.11 Å². The second-order valence-electron chi connectivity index (χ2n) is 14.4. The highest BCUT2D eigenvalue weighted by molar-refractivity contribution is 5.38. The van der Waals surface area contributed by atoms with Crippen molar-refractivity contribution in [3.05, 3.63) is 11.1 Å². The van der Waals surface area contributed by atoms with Crippen molar-refractivity contribution in [2.24, 2.45) is 45.3 Å². The molecule has 33 heavy (non-hydrogen) atoms. The van der Waals surface area contributed by atoms with Crippen LogP contribution in [0.1, 0.15) is 120 Å². The molecule has 0 aromatic carbocycles. The third-order valence-corrected chi connectivity index (χ3v) is 12.6. The first-order valence-corrected chi connectivity index (χ1v) is 14.4. The lowest BCUT2D eigenvalue weighted by atomic mass is 9.43. The van der Waals surface area contributed by atoms with E-state index in [4.69, 9.17) is 0 Å². The number of aliphatic hydroxyl groups is 1. The average Bonchev–Trinajstić information content (AvgIpc) is 3.03. The number of rotatable bonds is 6. The van der Waals surface area contributed by atoms with Crippen LogP contribution in [0.25, 0.3) is 0 Å². The minimum atomic E-state index is -0.133. The summed E-state index contributed by atoms with van der Waals surface area (Å²) in [5, 5.41) is 14.4. The van der Waals surface area contributed by atoms with Crippen LogP contribution >= 0.6 is 0 Å². The number of allylic oxidation sites excluding steroid dienone is 2. The van der Waals surface area contributed by atoms with Crippen LogP contribution in [0, 0.1) is 45.3 Å². The van der Waals surface area contributed by atoms with E-state index >= 15 is 0 Å². The zero-order valence-corrected chi connectivity index (χ0v) is 23.5. The molecule has 4 rings (SSSR count). The molecule has 0 aromatic rings. The topological polar surface area (TPSA) is 32.3 Å². The van der Waals surface area contributed by atoms with Gasteiger partial charge >= 0.3 is 0 Å². The predicted octanol–water partition coefficient (Wildman–Crippen LogP) is 7.76. The van der Waals surface area contributed by atoms with E-state index in [0.717, 1.165) is 18.3 Å². The smallest absolute Gasteiger partial charge is 0.0594 e. The molecule has 0 spiro atoms. The van der Waals surface area contributed by atoms with E-state index < -0.39 is 0 Å². The van der Waals surface area contributed by atoms with E-state index in [1.54, 1.807) is 0 Å². The monoisotopic (exact) mass is 457 g/mol. The van der Waals surface area contributed by atoms with Gasteiger partial charge in [0.1, 0.15) is 0 Å². The Hall–Kier alpha value is -0.340. The van der Waals surface area contributed by atoms with Gasteiger partial charge in [0, 0.05) is 6.04 Å². The molecule has 4 aliphatic carbocycles. The van der Waals surface area contributed by atoms with Crippen molar-refractivity contribution >= 4 is 0 Å². The summed E-state index contributed by atoms with van der Waals surface area (Å²) in [4.78, 5) is 0. The highest BCUT2D eigenvalue weighted by Gasteiger charge is 2.63. The Balaban J connectivity index is 1.60. The highest BCUT2D eigenvalue weighted by atomic mass is 16.3. The van der Waals surface area contributed by atoms with Crippen LogP contribution in [-0.2, 0) is 0 Å². The molecule has 0 aliphatic heterocycles. The largest absolute Gasteiger partial charge is 0.393 e. The molecule has 2 heteroatoms. The molecular weight excluding hydrogens is 402 g/mol. The fourth-order valence-electron chi connectivity index (χ4n) is 10.1. The molecular formula is C31H55NO. The fraction of sp³-hybridized carbons (Fsp3) is 0.935. The summed E-state index contributed by atoms with van der Waals surface area (Å²) in [6.45, 7) is 19.9. The highest BCUT2D eigenvalue weighted by Crippen LogP contribution is 2.72. The lowest BCUT2D eigenvalue weighted by molar-refractivity contribution is -0.0962. The van der Waals surface area contributed by atoms with Crippen molar-refractivity contribution in [1.29, 1.82) is 0 Å². The Morgan fingerprint density at radius 2 is 1.58 bits per heavy atom. The van der Waals surface area contributed by atoms with Crippen LogP contribution in [0.5, 0.6) is 0 Å². The van der Waals surface area contributed by atoms with E-state index in [1.807, 2.05) is 11.1 Å². The number of fused-ring (bicyclic) bond motifs is 4. The van der Waals surface area contributed by atoms with Crippen LogP contribution in [-0.4, -0.2) is 24.3 Å². The van der Waals surface area contributed by atoms with E-state index in [0.29, 0.717) is 34.1 Å². The summed E-state index contributed by atoms with van der Waals surface area (Å²) in [5.41, 5.74) is 4.91. The van der Waals surface area contributed by atoms with Gasteiger partial charge in [-0.15, -0.1) is 0 Å². The second-order valence-corrected chi connectivity index (χ2v) is 14.4. The first-order valence-electron chi connectivity index (χ1n) is 14.4. The lowest BCUT2D eigenvalue weighted by Crippen LogP contribution is -2.55. The summed E-state index contributed by atoms with van der Waals surface area (Å²) in [7, 11) is 2.14. The van der Waals surface area contributed by atoms with Crippen LogP contribution in [0.2, 0.25) is 0 Å². The maximum Gasteiger partial charge on any atom is 0.0594 e. The predicted molar refractivity (Wildman–Crippen MR) is 141 cm³/mol. The normalized spacial score (nSPS) is 44.3. The van der Waals surface area contributed by atoms with Gasteiger partial charge in [-0.2, -0.15) is 0 Å². The Bertz CT molecular complexity index is 767. The quantitative estimate of drug-likeness (QED) is 0.399. The van der Waals surface area contributed by atoms with E-state index in [2.05, 4.69) is 67.8 Å². The second kappa shape index (κ2) is 8.65. The molecule has 2 fully saturated rings. The van der Waals surface area contributed by atoms with Gasteiger partial charge in [0.2, 0.25) is 0 Å². The van der Waals surface area contributed by atoms with Crippen LogP contribution in [0.4, 0.5) is 0 Å². The van der Waals surface area contributed by atoms with Crippen molar-refractivity contribution in [3.63, 3.8) is 0 Å².